The van der Waals surface area contributed by atoms with Crippen LogP contribution in [-0.2, 0) is 17.8 Å². The Morgan fingerprint density at radius 1 is 1.14 bits per heavy atom. The van der Waals surface area contributed by atoms with Gasteiger partial charge >= 0.3 is 0 Å². The van der Waals surface area contributed by atoms with E-state index in [-0.39, 0.29) is 11.8 Å². The van der Waals surface area contributed by atoms with Crippen LogP contribution in [0.25, 0.3) is 11.4 Å². The molecule has 0 spiro atoms. The van der Waals surface area contributed by atoms with Crippen LogP contribution in [0.2, 0.25) is 0 Å². The van der Waals surface area contributed by atoms with Gasteiger partial charge in [-0.3, -0.25) is 4.79 Å². The van der Waals surface area contributed by atoms with E-state index >= 15 is 0 Å². The van der Waals surface area contributed by atoms with E-state index in [2.05, 4.69) is 11.9 Å². The Bertz CT molecular complexity index is 987. The molecule has 0 bridgehead atoms. The van der Waals surface area contributed by atoms with Gasteiger partial charge in [0.2, 0.25) is 5.91 Å². The molecule has 0 saturated carbocycles. The zero-order valence-electron chi connectivity index (χ0n) is 16.8. The summed E-state index contributed by atoms with van der Waals surface area (Å²) in [5, 5.41) is 0. The number of ether oxygens (including phenoxy) is 1. The molecule has 2 aromatic carbocycles. The number of benzene rings is 2. The maximum Gasteiger partial charge on any atom is 0.230 e. The molecule has 0 N–H and O–H groups in total. The van der Waals surface area contributed by atoms with Gasteiger partial charge in [0, 0.05) is 36.8 Å². The van der Waals surface area contributed by atoms with E-state index in [1.54, 1.807) is 7.11 Å². The second-order valence-corrected chi connectivity index (χ2v) is 7.28. The number of amides is 1. The van der Waals surface area contributed by atoms with Crippen molar-refractivity contribution in [2.24, 2.45) is 0 Å². The smallest absolute Gasteiger partial charge is 0.230 e. The highest BCUT2D eigenvalue weighted by molar-refractivity contribution is 5.84. The van der Waals surface area contributed by atoms with Gasteiger partial charge in [-0.2, -0.15) is 0 Å². The number of rotatable bonds is 5. The van der Waals surface area contributed by atoms with Crippen LogP contribution in [0.1, 0.15) is 36.1 Å². The fourth-order valence-corrected chi connectivity index (χ4v) is 3.84. The molecule has 1 aliphatic heterocycles. The fraction of sp³-hybridized carbons (Fsp3) is 0.292. The summed E-state index contributed by atoms with van der Waals surface area (Å²) in [5.41, 5.74) is 4.10. The molecule has 0 saturated heterocycles. The number of fused-ring (bicyclic) bond motifs is 1. The van der Waals surface area contributed by atoms with E-state index in [0.29, 0.717) is 18.9 Å². The van der Waals surface area contributed by atoms with Crippen LogP contribution in [0.4, 0.5) is 0 Å². The summed E-state index contributed by atoms with van der Waals surface area (Å²) >= 11 is 0. The molecule has 148 valence electrons. The third-order valence-electron chi connectivity index (χ3n) is 5.50. The number of nitrogens with zero attached hydrogens (tertiary/aromatic N) is 3. The summed E-state index contributed by atoms with van der Waals surface area (Å²) in [5.74, 6) is 1.60. The number of carbonyl (C=O) groups is 1. The molecule has 0 fully saturated rings. The summed E-state index contributed by atoms with van der Waals surface area (Å²) in [4.78, 5) is 24.4. The molecule has 0 radical (unpaired) electrons. The summed E-state index contributed by atoms with van der Waals surface area (Å²) in [7, 11) is 1.65. The van der Waals surface area contributed by atoms with Crippen LogP contribution in [0.15, 0.2) is 60.8 Å². The third-order valence-corrected chi connectivity index (χ3v) is 5.50. The normalized spacial score (nSPS) is 14.2. The molecule has 5 nitrogen and oxygen atoms in total. The van der Waals surface area contributed by atoms with Gasteiger partial charge in [0.05, 0.1) is 18.7 Å². The van der Waals surface area contributed by atoms with Gasteiger partial charge in [0.15, 0.2) is 5.82 Å². The Labute approximate surface area is 171 Å². The SMILES string of the molecule is CC[C@@H](C(=O)N1CCc2nc(-c3ccc(OC)cc3)ncc2C1)c1ccccc1. The first-order chi connectivity index (χ1) is 14.2. The molecular formula is C24H25N3O2. The predicted octanol–water partition coefficient (Wildman–Crippen LogP) is 4.23. The summed E-state index contributed by atoms with van der Waals surface area (Å²) in [6.07, 6.45) is 3.40. The predicted molar refractivity (Wildman–Crippen MR) is 113 cm³/mol. The molecule has 5 heteroatoms. The van der Waals surface area contributed by atoms with E-state index in [4.69, 9.17) is 9.72 Å². The molecular weight excluding hydrogens is 362 g/mol. The molecule has 1 atom stereocenters. The van der Waals surface area contributed by atoms with Gasteiger partial charge in [-0.1, -0.05) is 37.3 Å². The monoisotopic (exact) mass is 387 g/mol. The third kappa shape index (κ3) is 3.99. The van der Waals surface area contributed by atoms with Gasteiger partial charge in [-0.05, 0) is 36.2 Å². The quantitative estimate of drug-likeness (QED) is 0.657. The highest BCUT2D eigenvalue weighted by Crippen LogP contribution is 2.27. The van der Waals surface area contributed by atoms with Crippen molar-refractivity contribution in [3.05, 3.63) is 77.6 Å². The minimum Gasteiger partial charge on any atom is -0.497 e. The maximum absolute atomic E-state index is 13.2. The van der Waals surface area contributed by atoms with Gasteiger partial charge in [-0.25, -0.2) is 9.97 Å². The molecule has 29 heavy (non-hydrogen) atoms. The summed E-state index contributed by atoms with van der Waals surface area (Å²) in [6.45, 7) is 3.33. The van der Waals surface area contributed by atoms with Crippen molar-refractivity contribution in [1.82, 2.24) is 14.9 Å². The van der Waals surface area contributed by atoms with Crippen molar-refractivity contribution in [1.29, 1.82) is 0 Å². The fourth-order valence-electron chi connectivity index (χ4n) is 3.84. The average molecular weight is 387 g/mol. The molecule has 1 aliphatic rings. The van der Waals surface area contributed by atoms with E-state index < -0.39 is 0 Å². The van der Waals surface area contributed by atoms with E-state index in [1.807, 2.05) is 65.7 Å². The maximum atomic E-state index is 13.2. The second kappa shape index (κ2) is 8.43. The lowest BCUT2D eigenvalue weighted by Crippen LogP contribution is -2.39. The number of carbonyl (C=O) groups excluding carboxylic acids is 1. The first-order valence-electron chi connectivity index (χ1n) is 10.0. The zero-order chi connectivity index (χ0) is 20.2. The van der Waals surface area contributed by atoms with Crippen LogP contribution < -0.4 is 4.74 Å². The van der Waals surface area contributed by atoms with Crippen LogP contribution in [0.5, 0.6) is 5.75 Å². The summed E-state index contributed by atoms with van der Waals surface area (Å²) < 4.78 is 5.21. The Hall–Kier alpha value is -3.21. The van der Waals surface area contributed by atoms with Crippen molar-refractivity contribution in [3.63, 3.8) is 0 Å². The highest BCUT2D eigenvalue weighted by atomic mass is 16.5. The van der Waals surface area contributed by atoms with Crippen LogP contribution in [0, 0.1) is 0 Å². The molecule has 4 rings (SSSR count). The Balaban J connectivity index is 1.52. The Morgan fingerprint density at radius 2 is 1.90 bits per heavy atom. The Morgan fingerprint density at radius 3 is 2.59 bits per heavy atom. The lowest BCUT2D eigenvalue weighted by atomic mass is 9.94. The first kappa shape index (κ1) is 19.1. The molecule has 1 amide bonds. The topological polar surface area (TPSA) is 55.3 Å². The molecule has 0 aliphatic carbocycles. The van der Waals surface area contributed by atoms with Crippen LogP contribution in [0.3, 0.4) is 0 Å². The van der Waals surface area contributed by atoms with Crippen LogP contribution >= 0.6 is 0 Å². The average Bonchev–Trinajstić information content (AvgIpc) is 2.79. The van der Waals surface area contributed by atoms with Gasteiger partial charge < -0.3 is 9.64 Å². The van der Waals surface area contributed by atoms with Crippen molar-refractivity contribution >= 4 is 5.91 Å². The number of aromatic nitrogens is 2. The molecule has 1 aromatic heterocycles. The largest absolute Gasteiger partial charge is 0.497 e. The summed E-state index contributed by atoms with van der Waals surface area (Å²) in [6, 6.07) is 17.8. The number of hydrogen-bond donors (Lipinski definition) is 0. The van der Waals surface area contributed by atoms with E-state index in [9.17, 15) is 4.79 Å². The van der Waals surface area contributed by atoms with Crippen molar-refractivity contribution < 1.29 is 9.53 Å². The van der Waals surface area contributed by atoms with E-state index in [0.717, 1.165) is 41.0 Å². The van der Waals surface area contributed by atoms with Crippen molar-refractivity contribution in [2.75, 3.05) is 13.7 Å². The van der Waals surface area contributed by atoms with Gasteiger partial charge in [0.1, 0.15) is 5.75 Å². The van der Waals surface area contributed by atoms with E-state index in [1.165, 1.54) is 0 Å². The number of hydrogen-bond acceptors (Lipinski definition) is 4. The first-order valence-corrected chi connectivity index (χ1v) is 10.0. The number of methoxy groups -OCH3 is 1. The molecule has 0 unspecified atom stereocenters. The highest BCUT2D eigenvalue weighted by Gasteiger charge is 2.28. The molecule has 3 aromatic rings. The molecule has 2 heterocycles. The minimum absolute atomic E-state index is 0.0998. The minimum atomic E-state index is -0.0998. The van der Waals surface area contributed by atoms with Crippen molar-refractivity contribution in [3.8, 4) is 17.1 Å². The van der Waals surface area contributed by atoms with Crippen LogP contribution in [-0.4, -0.2) is 34.4 Å². The second-order valence-electron chi connectivity index (χ2n) is 7.28. The Kier molecular flexibility index (Phi) is 5.56. The standard InChI is InChI=1S/C24H25N3O2/c1-3-21(17-7-5-4-6-8-17)24(28)27-14-13-22-19(16-27)15-25-23(26-22)18-9-11-20(29-2)12-10-18/h4-12,15,21H,3,13-14,16H2,1-2H3/t21-/m1/s1. The van der Waals surface area contributed by atoms with Crippen molar-refractivity contribution in [2.45, 2.75) is 32.2 Å². The van der Waals surface area contributed by atoms with Gasteiger partial charge in [-0.15, -0.1) is 0 Å². The lowest BCUT2D eigenvalue weighted by Gasteiger charge is -2.31. The zero-order valence-corrected chi connectivity index (χ0v) is 16.8. The lowest BCUT2D eigenvalue weighted by molar-refractivity contribution is -0.133. The van der Waals surface area contributed by atoms with Gasteiger partial charge in [0.25, 0.3) is 0 Å².